The van der Waals surface area contributed by atoms with Crippen molar-refractivity contribution in [2.45, 2.75) is 23.9 Å². The molecule has 27 heavy (non-hydrogen) atoms. The SMILES string of the molecule is CC(=O)Nc1ccc(Sc2nc(Nc3cc(C)[nH]n3)cc3nccn23)cc1. The highest BCUT2D eigenvalue weighted by Crippen LogP contribution is 2.29. The Labute approximate surface area is 159 Å². The Bertz CT molecular complexity index is 1100. The van der Waals surface area contributed by atoms with Crippen LogP contribution in [0.1, 0.15) is 12.6 Å². The Hall–Kier alpha value is -3.33. The molecule has 136 valence electrons. The zero-order valence-electron chi connectivity index (χ0n) is 14.7. The van der Waals surface area contributed by atoms with Crippen molar-refractivity contribution in [2.24, 2.45) is 0 Å². The topological polar surface area (TPSA) is 100 Å². The molecule has 1 aromatic carbocycles. The number of amides is 1. The van der Waals surface area contributed by atoms with Crippen molar-refractivity contribution in [3.8, 4) is 0 Å². The molecule has 3 N–H and O–H groups in total. The van der Waals surface area contributed by atoms with E-state index in [0.717, 1.165) is 27.1 Å². The van der Waals surface area contributed by atoms with Crippen LogP contribution in [0.3, 0.4) is 0 Å². The molecular weight excluding hydrogens is 362 g/mol. The van der Waals surface area contributed by atoms with Crippen LogP contribution in [-0.2, 0) is 4.79 Å². The second kappa shape index (κ2) is 7.12. The molecule has 4 aromatic rings. The maximum absolute atomic E-state index is 11.1. The lowest BCUT2D eigenvalue weighted by atomic mass is 10.3. The lowest BCUT2D eigenvalue weighted by molar-refractivity contribution is -0.114. The second-order valence-corrected chi connectivity index (χ2v) is 6.99. The molecule has 0 fully saturated rings. The molecule has 4 rings (SSSR count). The van der Waals surface area contributed by atoms with Crippen LogP contribution in [0.5, 0.6) is 0 Å². The zero-order chi connectivity index (χ0) is 18.8. The summed E-state index contributed by atoms with van der Waals surface area (Å²) in [5.41, 5.74) is 2.52. The van der Waals surface area contributed by atoms with Gasteiger partial charge < -0.3 is 10.6 Å². The molecule has 0 aliphatic rings. The number of imidazole rings is 1. The van der Waals surface area contributed by atoms with Gasteiger partial charge >= 0.3 is 0 Å². The van der Waals surface area contributed by atoms with E-state index < -0.39 is 0 Å². The molecule has 9 heteroatoms. The third kappa shape index (κ3) is 3.93. The predicted octanol–water partition coefficient (Wildman–Crippen LogP) is 3.61. The van der Waals surface area contributed by atoms with E-state index in [0.29, 0.717) is 11.6 Å². The van der Waals surface area contributed by atoms with Gasteiger partial charge in [0.1, 0.15) is 11.5 Å². The summed E-state index contributed by atoms with van der Waals surface area (Å²) in [6.45, 7) is 3.43. The number of carbonyl (C=O) groups excluding carboxylic acids is 1. The standard InChI is InChI=1S/C18H17N7OS/c1-11-9-16(24-23-11)21-15-10-17-19-7-8-25(17)18(22-15)27-14-5-3-13(4-6-14)20-12(2)26/h3-10H,1-2H3,(H,20,26)(H2,21,23,24). The Morgan fingerprint density at radius 3 is 2.70 bits per heavy atom. The Balaban J connectivity index is 1.62. The number of carbonyl (C=O) groups is 1. The highest BCUT2D eigenvalue weighted by atomic mass is 32.2. The summed E-state index contributed by atoms with van der Waals surface area (Å²) in [5, 5.41) is 13.8. The molecule has 0 atom stereocenters. The summed E-state index contributed by atoms with van der Waals surface area (Å²) in [7, 11) is 0. The number of anilines is 3. The summed E-state index contributed by atoms with van der Waals surface area (Å²) in [4.78, 5) is 21.2. The van der Waals surface area contributed by atoms with Crippen molar-refractivity contribution >= 4 is 40.6 Å². The molecular formula is C18H17N7OS. The Kier molecular flexibility index (Phi) is 4.51. The van der Waals surface area contributed by atoms with Gasteiger partial charge in [0, 0.05) is 47.7 Å². The number of hydrogen-bond acceptors (Lipinski definition) is 6. The molecule has 0 aliphatic heterocycles. The van der Waals surface area contributed by atoms with Crippen LogP contribution < -0.4 is 10.6 Å². The molecule has 0 unspecified atom stereocenters. The average Bonchev–Trinajstić information content (AvgIpc) is 3.25. The van der Waals surface area contributed by atoms with Gasteiger partial charge in [-0.2, -0.15) is 5.10 Å². The number of benzene rings is 1. The largest absolute Gasteiger partial charge is 0.326 e. The van der Waals surface area contributed by atoms with Crippen molar-refractivity contribution in [1.29, 1.82) is 0 Å². The van der Waals surface area contributed by atoms with Gasteiger partial charge in [-0.1, -0.05) is 11.8 Å². The van der Waals surface area contributed by atoms with Crippen LogP contribution in [0, 0.1) is 6.92 Å². The lowest BCUT2D eigenvalue weighted by Crippen LogP contribution is -2.05. The minimum atomic E-state index is -0.0930. The van der Waals surface area contributed by atoms with E-state index >= 15 is 0 Å². The molecule has 1 amide bonds. The number of rotatable bonds is 5. The molecule has 0 bridgehead atoms. The second-order valence-electron chi connectivity index (χ2n) is 5.95. The highest BCUT2D eigenvalue weighted by Gasteiger charge is 2.10. The first-order valence-corrected chi connectivity index (χ1v) is 9.07. The first-order chi connectivity index (χ1) is 13.1. The third-order valence-corrected chi connectivity index (χ3v) is 4.68. The summed E-state index contributed by atoms with van der Waals surface area (Å²) < 4.78 is 1.92. The van der Waals surface area contributed by atoms with E-state index in [-0.39, 0.29) is 5.91 Å². The summed E-state index contributed by atoms with van der Waals surface area (Å²) in [6, 6.07) is 11.4. The maximum atomic E-state index is 11.1. The number of aryl methyl sites for hydroxylation is 1. The van der Waals surface area contributed by atoms with E-state index in [4.69, 9.17) is 4.98 Å². The molecule has 3 heterocycles. The maximum Gasteiger partial charge on any atom is 0.221 e. The van der Waals surface area contributed by atoms with Gasteiger partial charge in [-0.3, -0.25) is 14.3 Å². The Morgan fingerprint density at radius 1 is 1.19 bits per heavy atom. The van der Waals surface area contributed by atoms with Crippen molar-refractivity contribution in [2.75, 3.05) is 10.6 Å². The number of H-pyrrole nitrogens is 1. The molecule has 8 nitrogen and oxygen atoms in total. The molecule has 0 radical (unpaired) electrons. The van der Waals surface area contributed by atoms with Crippen molar-refractivity contribution < 1.29 is 4.79 Å². The number of nitrogens with zero attached hydrogens (tertiary/aromatic N) is 4. The average molecular weight is 379 g/mol. The fourth-order valence-corrected chi connectivity index (χ4v) is 3.44. The quantitative estimate of drug-likeness (QED) is 0.458. The first kappa shape index (κ1) is 17.1. The van der Waals surface area contributed by atoms with E-state index in [9.17, 15) is 4.79 Å². The molecule has 3 aromatic heterocycles. The number of hydrogen-bond donors (Lipinski definition) is 3. The smallest absolute Gasteiger partial charge is 0.221 e. The van der Waals surface area contributed by atoms with Gasteiger partial charge in [0.2, 0.25) is 5.91 Å². The van der Waals surface area contributed by atoms with Gasteiger partial charge in [0.25, 0.3) is 0 Å². The zero-order valence-corrected chi connectivity index (χ0v) is 15.5. The summed E-state index contributed by atoms with van der Waals surface area (Å²) in [6.07, 6.45) is 3.61. The summed E-state index contributed by atoms with van der Waals surface area (Å²) in [5.74, 6) is 1.27. The fourth-order valence-electron chi connectivity index (χ4n) is 2.56. The molecule has 0 spiro atoms. The number of fused-ring (bicyclic) bond motifs is 1. The van der Waals surface area contributed by atoms with Crippen molar-refractivity contribution in [3.63, 3.8) is 0 Å². The van der Waals surface area contributed by atoms with E-state index in [2.05, 4.69) is 25.8 Å². The van der Waals surface area contributed by atoms with E-state index in [1.165, 1.54) is 18.7 Å². The normalized spacial score (nSPS) is 10.9. The van der Waals surface area contributed by atoms with E-state index in [1.54, 1.807) is 6.20 Å². The first-order valence-electron chi connectivity index (χ1n) is 8.25. The minimum absolute atomic E-state index is 0.0930. The van der Waals surface area contributed by atoms with Crippen molar-refractivity contribution in [1.82, 2.24) is 24.6 Å². The monoisotopic (exact) mass is 379 g/mol. The van der Waals surface area contributed by atoms with Crippen LogP contribution in [-0.4, -0.2) is 30.5 Å². The third-order valence-electron chi connectivity index (χ3n) is 3.70. The van der Waals surface area contributed by atoms with Crippen LogP contribution in [0.25, 0.3) is 5.65 Å². The van der Waals surface area contributed by atoms with Crippen molar-refractivity contribution in [3.05, 3.63) is 54.5 Å². The summed E-state index contributed by atoms with van der Waals surface area (Å²) >= 11 is 1.51. The number of aromatic amines is 1. The van der Waals surface area contributed by atoms with Gasteiger partial charge in [-0.25, -0.2) is 9.97 Å². The van der Waals surface area contributed by atoms with Crippen LogP contribution >= 0.6 is 11.8 Å². The Morgan fingerprint density at radius 2 is 2.00 bits per heavy atom. The van der Waals surface area contributed by atoms with Crippen LogP contribution in [0.4, 0.5) is 17.3 Å². The highest BCUT2D eigenvalue weighted by molar-refractivity contribution is 7.99. The van der Waals surface area contributed by atoms with Gasteiger partial charge in [0.15, 0.2) is 11.0 Å². The number of nitrogens with one attached hydrogen (secondary N) is 3. The van der Waals surface area contributed by atoms with Gasteiger partial charge in [-0.05, 0) is 31.2 Å². The fraction of sp³-hybridized carbons (Fsp3) is 0.111. The van der Waals surface area contributed by atoms with Crippen LogP contribution in [0.15, 0.2) is 58.8 Å². The number of aromatic nitrogens is 5. The molecule has 0 saturated heterocycles. The van der Waals surface area contributed by atoms with E-state index in [1.807, 2.05) is 53.9 Å². The molecule has 0 aliphatic carbocycles. The predicted molar refractivity (Wildman–Crippen MR) is 104 cm³/mol. The van der Waals surface area contributed by atoms with Gasteiger partial charge in [0.05, 0.1) is 0 Å². The van der Waals surface area contributed by atoms with Crippen LogP contribution in [0.2, 0.25) is 0 Å². The lowest BCUT2D eigenvalue weighted by Gasteiger charge is -2.09. The van der Waals surface area contributed by atoms with Gasteiger partial charge in [-0.15, -0.1) is 0 Å². The molecule has 0 saturated carbocycles. The minimum Gasteiger partial charge on any atom is -0.326 e.